The van der Waals surface area contributed by atoms with Gasteiger partial charge in [0.1, 0.15) is 5.75 Å². The summed E-state index contributed by atoms with van der Waals surface area (Å²) in [4.78, 5) is 15.0. The third kappa shape index (κ3) is 4.71. The van der Waals surface area contributed by atoms with Crippen molar-refractivity contribution in [2.24, 2.45) is 0 Å². The van der Waals surface area contributed by atoms with E-state index in [-0.39, 0.29) is 5.91 Å². The van der Waals surface area contributed by atoms with Crippen LogP contribution in [0, 0.1) is 0 Å². The summed E-state index contributed by atoms with van der Waals surface area (Å²) in [5.74, 6) is 0.759. The van der Waals surface area contributed by atoms with E-state index in [2.05, 4.69) is 15.9 Å². The average Bonchev–Trinajstić information content (AvgIpc) is 2.91. The first-order valence-electron chi connectivity index (χ1n) is 6.99. The van der Waals surface area contributed by atoms with Gasteiger partial charge in [-0.25, -0.2) is 0 Å². The van der Waals surface area contributed by atoms with E-state index in [1.165, 1.54) is 0 Å². The highest BCUT2D eigenvalue weighted by atomic mass is 79.9. The first-order chi connectivity index (χ1) is 10.6. The highest BCUT2D eigenvalue weighted by Gasteiger charge is 2.08. The summed E-state index contributed by atoms with van der Waals surface area (Å²) in [5.41, 5.74) is 0.907. The SMILES string of the molecule is CCOc1ccccc1/C=C/C(=O)N(C)Cc1ccc(Br)s1. The van der Waals surface area contributed by atoms with E-state index >= 15 is 0 Å². The average molecular weight is 380 g/mol. The molecule has 0 radical (unpaired) electrons. The van der Waals surface area contributed by atoms with Gasteiger partial charge < -0.3 is 9.64 Å². The summed E-state index contributed by atoms with van der Waals surface area (Å²) < 4.78 is 6.62. The second-order valence-corrected chi connectivity index (χ2v) is 7.25. The molecule has 0 saturated heterocycles. The van der Waals surface area contributed by atoms with Gasteiger partial charge in [0.05, 0.1) is 16.9 Å². The molecule has 0 atom stereocenters. The number of likely N-dealkylation sites (N-methyl/N-ethyl adjacent to an activating group) is 1. The van der Waals surface area contributed by atoms with Crippen LogP contribution in [0.2, 0.25) is 0 Å². The zero-order valence-electron chi connectivity index (χ0n) is 12.6. The summed E-state index contributed by atoms with van der Waals surface area (Å²) in [6, 6.07) is 11.7. The van der Waals surface area contributed by atoms with Crippen molar-refractivity contribution in [1.82, 2.24) is 4.90 Å². The second-order valence-electron chi connectivity index (χ2n) is 4.70. The Morgan fingerprint density at radius 3 is 2.77 bits per heavy atom. The van der Waals surface area contributed by atoms with Gasteiger partial charge in [0.15, 0.2) is 0 Å². The van der Waals surface area contributed by atoms with Gasteiger partial charge in [0, 0.05) is 23.6 Å². The van der Waals surface area contributed by atoms with Crippen molar-refractivity contribution in [2.45, 2.75) is 13.5 Å². The maximum Gasteiger partial charge on any atom is 0.246 e. The molecule has 1 amide bonds. The molecular weight excluding hydrogens is 362 g/mol. The molecule has 0 spiro atoms. The van der Waals surface area contributed by atoms with Crippen molar-refractivity contribution in [3.05, 3.63) is 56.7 Å². The second kappa shape index (κ2) is 8.15. The lowest BCUT2D eigenvalue weighted by Gasteiger charge is -2.13. The Kier molecular flexibility index (Phi) is 6.21. The molecule has 116 valence electrons. The molecule has 1 aromatic heterocycles. The number of hydrogen-bond acceptors (Lipinski definition) is 3. The van der Waals surface area contributed by atoms with Gasteiger partial charge in [-0.2, -0.15) is 0 Å². The van der Waals surface area contributed by atoms with Gasteiger partial charge in [-0.1, -0.05) is 18.2 Å². The van der Waals surface area contributed by atoms with Crippen molar-refractivity contribution < 1.29 is 9.53 Å². The van der Waals surface area contributed by atoms with Crippen LogP contribution in [0.1, 0.15) is 17.4 Å². The lowest BCUT2D eigenvalue weighted by Crippen LogP contribution is -2.23. The van der Waals surface area contributed by atoms with Gasteiger partial charge in [-0.05, 0) is 47.1 Å². The van der Waals surface area contributed by atoms with Crippen molar-refractivity contribution >= 4 is 39.2 Å². The number of benzene rings is 1. The number of halogens is 1. The minimum absolute atomic E-state index is 0.0316. The lowest BCUT2D eigenvalue weighted by molar-refractivity contribution is -0.125. The molecule has 0 aliphatic heterocycles. The molecule has 0 aliphatic rings. The molecule has 5 heteroatoms. The number of nitrogens with zero attached hydrogens (tertiary/aromatic N) is 1. The fourth-order valence-corrected chi connectivity index (χ4v) is 3.48. The standard InChI is InChI=1S/C17H18BrNO2S/c1-3-21-15-7-5-4-6-13(15)8-11-17(20)19(2)12-14-9-10-16(18)22-14/h4-11H,3,12H2,1-2H3/b11-8+. The van der Waals surface area contributed by atoms with Crippen LogP contribution in [0.4, 0.5) is 0 Å². The van der Waals surface area contributed by atoms with Crippen LogP contribution in [0.3, 0.4) is 0 Å². The molecule has 1 heterocycles. The smallest absolute Gasteiger partial charge is 0.246 e. The van der Waals surface area contributed by atoms with Gasteiger partial charge in [0.2, 0.25) is 5.91 Å². The molecule has 2 rings (SSSR count). The summed E-state index contributed by atoms with van der Waals surface area (Å²) in [5, 5.41) is 0. The predicted octanol–water partition coefficient (Wildman–Crippen LogP) is 4.58. The van der Waals surface area contributed by atoms with Crippen LogP contribution in [0.5, 0.6) is 5.75 Å². The minimum atomic E-state index is -0.0316. The largest absolute Gasteiger partial charge is 0.493 e. The summed E-state index contributed by atoms with van der Waals surface area (Å²) in [6.07, 6.45) is 3.38. The third-order valence-electron chi connectivity index (χ3n) is 3.02. The first-order valence-corrected chi connectivity index (χ1v) is 8.60. The van der Waals surface area contributed by atoms with E-state index < -0.39 is 0 Å². The van der Waals surface area contributed by atoms with Crippen LogP contribution in [0.25, 0.3) is 6.08 Å². The normalized spacial score (nSPS) is 10.9. The highest BCUT2D eigenvalue weighted by molar-refractivity contribution is 9.11. The highest BCUT2D eigenvalue weighted by Crippen LogP contribution is 2.23. The van der Waals surface area contributed by atoms with Gasteiger partial charge in [-0.3, -0.25) is 4.79 Å². The van der Waals surface area contributed by atoms with E-state index in [9.17, 15) is 4.79 Å². The molecular formula is C17H18BrNO2S. The van der Waals surface area contributed by atoms with E-state index in [1.54, 1.807) is 35.4 Å². The van der Waals surface area contributed by atoms with E-state index in [1.807, 2.05) is 43.3 Å². The van der Waals surface area contributed by atoms with Crippen LogP contribution >= 0.6 is 27.3 Å². The molecule has 0 unspecified atom stereocenters. The molecule has 0 N–H and O–H groups in total. The summed E-state index contributed by atoms with van der Waals surface area (Å²) in [6.45, 7) is 3.15. The Morgan fingerprint density at radius 1 is 1.32 bits per heavy atom. The van der Waals surface area contributed by atoms with Crippen molar-refractivity contribution in [3.8, 4) is 5.75 Å². The first kappa shape index (κ1) is 16.8. The topological polar surface area (TPSA) is 29.5 Å². The number of carbonyl (C=O) groups excluding carboxylic acids is 1. The maximum absolute atomic E-state index is 12.2. The fraction of sp³-hybridized carbons (Fsp3) is 0.235. The Labute approximate surface area is 143 Å². The third-order valence-corrected chi connectivity index (χ3v) is 4.63. The van der Waals surface area contributed by atoms with Crippen molar-refractivity contribution in [1.29, 1.82) is 0 Å². The number of carbonyl (C=O) groups is 1. The van der Waals surface area contributed by atoms with Crippen molar-refractivity contribution in [2.75, 3.05) is 13.7 Å². The predicted molar refractivity (Wildman–Crippen MR) is 95.1 cm³/mol. The zero-order valence-corrected chi connectivity index (χ0v) is 15.0. The van der Waals surface area contributed by atoms with Crippen molar-refractivity contribution in [3.63, 3.8) is 0 Å². The Balaban J connectivity index is 2.01. The monoisotopic (exact) mass is 379 g/mol. The van der Waals surface area contributed by atoms with Crippen LogP contribution in [-0.4, -0.2) is 24.5 Å². The van der Waals surface area contributed by atoms with Gasteiger partial charge >= 0.3 is 0 Å². The summed E-state index contributed by atoms with van der Waals surface area (Å²) >= 11 is 5.07. The molecule has 0 saturated carbocycles. The van der Waals surface area contributed by atoms with Gasteiger partial charge in [0.25, 0.3) is 0 Å². The quantitative estimate of drug-likeness (QED) is 0.687. The van der Waals surface area contributed by atoms with E-state index in [0.29, 0.717) is 13.2 Å². The van der Waals surface area contributed by atoms with Crippen LogP contribution in [0.15, 0.2) is 46.3 Å². The van der Waals surface area contributed by atoms with Crippen LogP contribution in [-0.2, 0) is 11.3 Å². The molecule has 22 heavy (non-hydrogen) atoms. The minimum Gasteiger partial charge on any atom is -0.493 e. The number of thiophene rings is 1. The number of hydrogen-bond donors (Lipinski definition) is 0. The number of amides is 1. The molecule has 1 aromatic carbocycles. The number of para-hydroxylation sites is 1. The number of rotatable bonds is 6. The molecule has 3 nitrogen and oxygen atoms in total. The van der Waals surface area contributed by atoms with Gasteiger partial charge in [-0.15, -0.1) is 11.3 Å². The Morgan fingerprint density at radius 2 is 2.09 bits per heavy atom. The molecule has 2 aromatic rings. The maximum atomic E-state index is 12.2. The molecule has 0 aliphatic carbocycles. The zero-order chi connectivity index (χ0) is 15.9. The van der Waals surface area contributed by atoms with E-state index in [4.69, 9.17) is 4.74 Å². The van der Waals surface area contributed by atoms with E-state index in [0.717, 1.165) is 20.0 Å². The Bertz CT molecular complexity index is 666. The lowest BCUT2D eigenvalue weighted by atomic mass is 10.2. The fourth-order valence-electron chi connectivity index (χ4n) is 1.94. The van der Waals surface area contributed by atoms with Crippen LogP contribution < -0.4 is 4.74 Å². The number of ether oxygens (including phenoxy) is 1. The molecule has 0 fully saturated rings. The molecule has 0 bridgehead atoms. The summed E-state index contributed by atoms with van der Waals surface area (Å²) in [7, 11) is 1.80. The Hall–Kier alpha value is -1.59.